The molecule has 186 valence electrons. The Hall–Kier alpha value is -2.70. The predicted molar refractivity (Wildman–Crippen MR) is 142 cm³/mol. The van der Waals surface area contributed by atoms with Gasteiger partial charge in [-0.2, -0.15) is 0 Å². The molecule has 6 heteroatoms. The number of fused-ring (bicyclic) bond motifs is 1. The van der Waals surface area contributed by atoms with Gasteiger partial charge in [0.1, 0.15) is 0 Å². The van der Waals surface area contributed by atoms with E-state index in [1.807, 2.05) is 65.6 Å². The zero-order valence-electron chi connectivity index (χ0n) is 21.8. The third-order valence-electron chi connectivity index (χ3n) is 8.10. The van der Waals surface area contributed by atoms with E-state index in [4.69, 9.17) is 9.16 Å². The molecule has 2 aliphatic rings. The van der Waals surface area contributed by atoms with Gasteiger partial charge >= 0.3 is 5.97 Å². The molecule has 0 aliphatic carbocycles. The predicted octanol–water partition coefficient (Wildman–Crippen LogP) is 5.93. The highest BCUT2D eigenvalue weighted by Crippen LogP contribution is 2.55. The van der Waals surface area contributed by atoms with Gasteiger partial charge in [-0.05, 0) is 47.7 Å². The average Bonchev–Trinajstić information content (AvgIpc) is 3.30. The van der Waals surface area contributed by atoms with E-state index >= 15 is 0 Å². The molecule has 0 bridgehead atoms. The number of hydrogen-bond donors (Lipinski definition) is 0. The van der Waals surface area contributed by atoms with Crippen LogP contribution in [0.25, 0.3) is 11.1 Å². The number of methoxy groups -OCH3 is 1. The first-order valence-electron chi connectivity index (χ1n) is 12.4. The maximum Gasteiger partial charge on any atom is 0.308 e. The van der Waals surface area contributed by atoms with Gasteiger partial charge in [-0.3, -0.25) is 9.59 Å². The van der Waals surface area contributed by atoms with Gasteiger partial charge in [0.25, 0.3) is 5.91 Å². The average molecular weight is 492 g/mol. The van der Waals surface area contributed by atoms with Crippen LogP contribution in [0, 0.1) is 0 Å². The first-order chi connectivity index (χ1) is 16.5. The summed E-state index contributed by atoms with van der Waals surface area (Å²) in [6, 6.07) is 19.7. The van der Waals surface area contributed by atoms with Crippen LogP contribution >= 0.6 is 0 Å². The first kappa shape index (κ1) is 25.4. The minimum absolute atomic E-state index is 0.0275. The first-order valence-corrected chi connectivity index (χ1v) is 15.3. The van der Waals surface area contributed by atoms with Gasteiger partial charge in [-0.15, -0.1) is 0 Å². The third-order valence-corrected chi connectivity index (χ3v) is 12.6. The molecule has 1 saturated heterocycles. The Balaban J connectivity index is 1.83. The number of esters is 1. The van der Waals surface area contributed by atoms with Crippen molar-refractivity contribution in [3.63, 3.8) is 0 Å². The molecule has 0 aromatic heterocycles. The zero-order chi connectivity index (χ0) is 25.4. The topological polar surface area (TPSA) is 55.8 Å². The molecule has 0 N–H and O–H groups in total. The maximum atomic E-state index is 14.2. The lowest BCUT2D eigenvalue weighted by Crippen LogP contribution is -2.51. The molecule has 2 aliphatic heterocycles. The lowest BCUT2D eigenvalue weighted by Gasteiger charge is -2.40. The fourth-order valence-corrected chi connectivity index (χ4v) is 6.25. The number of ether oxygens (including phenoxy) is 1. The van der Waals surface area contributed by atoms with E-state index in [2.05, 4.69) is 33.9 Å². The molecular weight excluding hydrogens is 454 g/mol. The van der Waals surface area contributed by atoms with E-state index in [0.717, 1.165) is 23.1 Å². The van der Waals surface area contributed by atoms with Crippen LogP contribution in [0.3, 0.4) is 0 Å². The molecule has 0 unspecified atom stereocenters. The summed E-state index contributed by atoms with van der Waals surface area (Å²) >= 11 is 0. The van der Waals surface area contributed by atoms with E-state index in [1.165, 1.54) is 7.11 Å². The van der Waals surface area contributed by atoms with Crippen molar-refractivity contribution in [3.05, 3.63) is 71.8 Å². The summed E-state index contributed by atoms with van der Waals surface area (Å²) in [5.41, 5.74) is 2.70. The fourth-order valence-electron chi connectivity index (χ4n) is 5.21. The van der Waals surface area contributed by atoms with Crippen LogP contribution in [-0.2, 0) is 18.8 Å². The van der Waals surface area contributed by atoms with Crippen molar-refractivity contribution in [2.24, 2.45) is 0 Å². The number of rotatable bonds is 7. The summed E-state index contributed by atoms with van der Waals surface area (Å²) in [7, 11) is -0.593. The van der Waals surface area contributed by atoms with Crippen LogP contribution in [0.1, 0.15) is 51.2 Å². The summed E-state index contributed by atoms with van der Waals surface area (Å²) in [6.45, 7) is 11.6. The number of amides is 1. The van der Waals surface area contributed by atoms with Crippen molar-refractivity contribution >= 4 is 31.3 Å². The Morgan fingerprint density at radius 2 is 1.60 bits per heavy atom. The lowest BCUT2D eigenvalue weighted by atomic mass is 9.79. The summed E-state index contributed by atoms with van der Waals surface area (Å²) in [4.78, 5) is 29.0. The third kappa shape index (κ3) is 4.50. The quantitative estimate of drug-likeness (QED) is 0.356. The monoisotopic (exact) mass is 491 g/mol. The molecule has 0 radical (unpaired) electrons. The second kappa shape index (κ2) is 9.39. The second-order valence-electron chi connectivity index (χ2n) is 11.2. The summed E-state index contributed by atoms with van der Waals surface area (Å²) in [6.07, 6.45) is 1.61. The van der Waals surface area contributed by atoms with Gasteiger partial charge in [0.05, 0.1) is 37.3 Å². The number of nitrogens with zero attached hydrogens (tertiary/aromatic N) is 1. The molecule has 2 aromatic rings. The highest BCUT2D eigenvalue weighted by atomic mass is 28.4. The van der Waals surface area contributed by atoms with Crippen molar-refractivity contribution in [2.45, 2.75) is 69.7 Å². The van der Waals surface area contributed by atoms with Gasteiger partial charge in [-0.25, -0.2) is 0 Å². The highest BCUT2D eigenvalue weighted by molar-refractivity contribution is 6.74. The van der Waals surface area contributed by atoms with E-state index in [1.54, 1.807) is 0 Å². The smallest absolute Gasteiger partial charge is 0.308 e. The molecule has 0 spiro atoms. The van der Waals surface area contributed by atoms with E-state index in [-0.39, 0.29) is 29.4 Å². The zero-order valence-corrected chi connectivity index (χ0v) is 22.8. The van der Waals surface area contributed by atoms with Crippen LogP contribution in [0.2, 0.25) is 18.1 Å². The normalized spacial score (nSPS) is 22.5. The molecule has 5 nitrogen and oxygen atoms in total. The Labute approximate surface area is 210 Å². The van der Waals surface area contributed by atoms with Crippen LogP contribution in [0.15, 0.2) is 60.7 Å². The van der Waals surface area contributed by atoms with E-state index < -0.39 is 13.9 Å². The minimum atomic E-state index is -2.01. The summed E-state index contributed by atoms with van der Waals surface area (Å²) in [5.74, 6) is -0.336. The molecule has 4 rings (SSSR count). The van der Waals surface area contributed by atoms with Crippen molar-refractivity contribution in [2.75, 3.05) is 13.7 Å². The Morgan fingerprint density at radius 3 is 2.14 bits per heavy atom. The van der Waals surface area contributed by atoms with Gasteiger partial charge in [0.15, 0.2) is 8.32 Å². The van der Waals surface area contributed by atoms with Crippen molar-refractivity contribution in [1.29, 1.82) is 0 Å². The fraction of sp³-hybridized carbons (Fsp3) is 0.448. The number of hydrogen-bond acceptors (Lipinski definition) is 4. The van der Waals surface area contributed by atoms with Crippen molar-refractivity contribution in [1.82, 2.24) is 4.90 Å². The number of benzene rings is 2. The molecule has 1 fully saturated rings. The summed E-state index contributed by atoms with van der Waals surface area (Å²) in [5, 5.41) is 0.0758. The van der Waals surface area contributed by atoms with Crippen molar-refractivity contribution in [3.8, 4) is 0 Å². The Bertz CT molecular complexity index is 1120. The summed E-state index contributed by atoms with van der Waals surface area (Å²) < 4.78 is 11.7. The number of carbonyl (C=O) groups is 2. The van der Waals surface area contributed by atoms with Gasteiger partial charge in [0, 0.05) is 0 Å². The molecule has 2 aromatic carbocycles. The minimum Gasteiger partial charge on any atom is -0.469 e. The highest BCUT2D eigenvalue weighted by Gasteiger charge is 2.59. The van der Waals surface area contributed by atoms with Gasteiger partial charge in [0.2, 0.25) is 0 Å². The van der Waals surface area contributed by atoms with Crippen LogP contribution in [-0.4, -0.2) is 50.4 Å². The lowest BCUT2D eigenvalue weighted by molar-refractivity contribution is -0.143. The number of carbonyl (C=O) groups excluding carboxylic acids is 2. The van der Waals surface area contributed by atoms with Crippen LogP contribution < -0.4 is 0 Å². The molecule has 1 amide bonds. The van der Waals surface area contributed by atoms with Gasteiger partial charge < -0.3 is 14.1 Å². The Kier molecular flexibility index (Phi) is 6.82. The van der Waals surface area contributed by atoms with E-state index in [0.29, 0.717) is 18.6 Å². The van der Waals surface area contributed by atoms with Crippen LogP contribution in [0.4, 0.5) is 0 Å². The molecule has 35 heavy (non-hydrogen) atoms. The van der Waals surface area contributed by atoms with Crippen LogP contribution in [0.5, 0.6) is 0 Å². The molecule has 2 atom stereocenters. The van der Waals surface area contributed by atoms with Gasteiger partial charge in [-0.1, -0.05) is 81.4 Å². The maximum absolute atomic E-state index is 14.2. The van der Waals surface area contributed by atoms with Crippen molar-refractivity contribution < 1.29 is 18.8 Å². The largest absolute Gasteiger partial charge is 0.469 e. The SMILES string of the molecule is COC(=O)C[C@]12CC[C@@H](CO[Si](C)(C)C(C)(C)C)N1C(=O)C(c1ccccc1)=C2c1ccccc1. The standard InChI is InChI=1S/C29H37NO4Si/c1-28(2,3)35(5,6)34-20-23-17-18-29(19-24(31)33-4)26(22-15-11-8-12-16-22)25(27(32)30(23)29)21-13-9-7-10-14-21/h7-16,23H,17-20H2,1-6H3/t23-,29-/m0/s1. The Morgan fingerprint density at radius 1 is 1.03 bits per heavy atom. The second-order valence-corrected chi connectivity index (χ2v) is 16.0. The molecular formula is C29H37NO4Si. The molecule has 0 saturated carbocycles. The van der Waals surface area contributed by atoms with E-state index in [9.17, 15) is 9.59 Å². The molecule has 2 heterocycles.